The second-order valence-electron chi connectivity index (χ2n) is 6.75. The third-order valence-corrected chi connectivity index (χ3v) is 3.46. The van der Waals surface area contributed by atoms with Gasteiger partial charge in [-0.15, -0.1) is 0 Å². The normalized spacial score (nSPS) is 11.9. The molecule has 1 aromatic carbocycles. The van der Waals surface area contributed by atoms with Crippen LogP contribution in [-0.2, 0) is 13.0 Å². The number of aliphatic imine (C=N–C) groups is 1. The minimum atomic E-state index is -0.223. The Morgan fingerprint density at radius 3 is 2.52 bits per heavy atom. The van der Waals surface area contributed by atoms with Gasteiger partial charge < -0.3 is 15.4 Å². The molecule has 0 unspecified atom stereocenters. The zero-order valence-corrected chi connectivity index (χ0v) is 15.5. The van der Waals surface area contributed by atoms with E-state index >= 15 is 0 Å². The lowest BCUT2D eigenvalue weighted by molar-refractivity contribution is 0.129. The summed E-state index contributed by atoms with van der Waals surface area (Å²) >= 11 is 0. The van der Waals surface area contributed by atoms with Gasteiger partial charge in [-0.05, 0) is 39.0 Å². The Labute approximate surface area is 150 Å². The number of pyridine rings is 1. The van der Waals surface area contributed by atoms with Crippen molar-refractivity contribution in [3.63, 3.8) is 0 Å². The van der Waals surface area contributed by atoms with Crippen molar-refractivity contribution in [3.8, 4) is 5.75 Å². The molecule has 2 aromatic rings. The van der Waals surface area contributed by atoms with Crippen molar-refractivity contribution in [3.05, 3.63) is 59.9 Å². The van der Waals surface area contributed by atoms with Crippen LogP contribution in [0.25, 0.3) is 0 Å². The summed E-state index contributed by atoms with van der Waals surface area (Å²) < 4.78 is 6.03. The van der Waals surface area contributed by atoms with Crippen molar-refractivity contribution in [1.82, 2.24) is 15.6 Å². The van der Waals surface area contributed by atoms with Gasteiger partial charge in [-0.3, -0.25) is 9.98 Å². The van der Waals surface area contributed by atoms with Crippen LogP contribution in [0.2, 0.25) is 0 Å². The van der Waals surface area contributed by atoms with Crippen molar-refractivity contribution in [2.45, 2.75) is 39.3 Å². The van der Waals surface area contributed by atoms with E-state index in [0.29, 0.717) is 6.54 Å². The van der Waals surface area contributed by atoms with Crippen molar-refractivity contribution in [2.75, 3.05) is 13.6 Å². The zero-order chi connectivity index (χ0) is 18.1. The predicted molar refractivity (Wildman–Crippen MR) is 103 cm³/mol. The van der Waals surface area contributed by atoms with Crippen molar-refractivity contribution in [2.24, 2.45) is 4.99 Å². The highest BCUT2D eigenvalue weighted by atomic mass is 16.5. The minimum absolute atomic E-state index is 0.223. The molecule has 0 saturated carbocycles. The number of benzene rings is 1. The fraction of sp³-hybridized carbons (Fsp3) is 0.400. The molecule has 0 bridgehead atoms. The summed E-state index contributed by atoms with van der Waals surface area (Å²) in [6, 6.07) is 14.0. The SMILES string of the molecule is CN=C(NCCc1ccccn1)NCc1ccccc1OC(C)(C)C. The molecule has 25 heavy (non-hydrogen) atoms. The van der Waals surface area contributed by atoms with Crippen LogP contribution in [0, 0.1) is 0 Å². The van der Waals surface area contributed by atoms with Crippen LogP contribution in [0.3, 0.4) is 0 Å². The van der Waals surface area contributed by atoms with Crippen molar-refractivity contribution in [1.29, 1.82) is 0 Å². The van der Waals surface area contributed by atoms with E-state index in [-0.39, 0.29) is 5.60 Å². The molecule has 0 spiro atoms. The smallest absolute Gasteiger partial charge is 0.191 e. The van der Waals surface area contributed by atoms with Crippen LogP contribution < -0.4 is 15.4 Å². The second kappa shape index (κ2) is 9.06. The molecule has 0 radical (unpaired) electrons. The summed E-state index contributed by atoms with van der Waals surface area (Å²) in [4.78, 5) is 8.60. The summed E-state index contributed by atoms with van der Waals surface area (Å²) in [6.07, 6.45) is 2.67. The average molecular weight is 340 g/mol. The number of guanidine groups is 1. The summed E-state index contributed by atoms with van der Waals surface area (Å²) in [6.45, 7) is 7.58. The molecule has 5 heteroatoms. The minimum Gasteiger partial charge on any atom is -0.488 e. The molecule has 2 rings (SSSR count). The Hall–Kier alpha value is -2.56. The van der Waals surface area contributed by atoms with E-state index in [4.69, 9.17) is 4.74 Å². The fourth-order valence-electron chi connectivity index (χ4n) is 2.33. The summed E-state index contributed by atoms with van der Waals surface area (Å²) in [5, 5.41) is 6.65. The van der Waals surface area contributed by atoms with Crippen LogP contribution in [0.5, 0.6) is 5.75 Å². The van der Waals surface area contributed by atoms with E-state index in [2.05, 4.69) is 47.4 Å². The van der Waals surface area contributed by atoms with E-state index in [1.54, 1.807) is 7.05 Å². The maximum absolute atomic E-state index is 6.03. The number of hydrogen-bond acceptors (Lipinski definition) is 3. The second-order valence-corrected chi connectivity index (χ2v) is 6.75. The first-order valence-electron chi connectivity index (χ1n) is 8.59. The molecule has 0 amide bonds. The third-order valence-electron chi connectivity index (χ3n) is 3.46. The quantitative estimate of drug-likeness (QED) is 0.626. The first-order valence-corrected chi connectivity index (χ1v) is 8.59. The molecule has 0 aliphatic heterocycles. The lowest BCUT2D eigenvalue weighted by Gasteiger charge is -2.23. The van der Waals surface area contributed by atoms with Crippen molar-refractivity contribution < 1.29 is 4.74 Å². The lowest BCUT2D eigenvalue weighted by atomic mass is 10.1. The molecule has 1 heterocycles. The van der Waals surface area contributed by atoms with Crippen LogP contribution in [0.4, 0.5) is 0 Å². The van der Waals surface area contributed by atoms with Crippen molar-refractivity contribution >= 4 is 5.96 Å². The van der Waals surface area contributed by atoms with E-state index in [0.717, 1.165) is 35.9 Å². The van der Waals surface area contributed by atoms with Gasteiger partial charge >= 0.3 is 0 Å². The fourth-order valence-corrected chi connectivity index (χ4v) is 2.33. The Morgan fingerprint density at radius 1 is 1.08 bits per heavy atom. The molecule has 0 fully saturated rings. The van der Waals surface area contributed by atoms with E-state index in [1.165, 1.54) is 0 Å². The van der Waals surface area contributed by atoms with Gasteiger partial charge in [0, 0.05) is 44.0 Å². The highest BCUT2D eigenvalue weighted by Gasteiger charge is 2.14. The molecule has 134 valence electrons. The maximum atomic E-state index is 6.03. The molecule has 0 atom stereocenters. The van der Waals surface area contributed by atoms with Crippen LogP contribution >= 0.6 is 0 Å². The third kappa shape index (κ3) is 6.83. The van der Waals surface area contributed by atoms with Gasteiger partial charge in [0.15, 0.2) is 5.96 Å². The van der Waals surface area contributed by atoms with Gasteiger partial charge in [-0.1, -0.05) is 24.3 Å². The maximum Gasteiger partial charge on any atom is 0.191 e. The van der Waals surface area contributed by atoms with E-state index in [1.807, 2.05) is 42.6 Å². The number of nitrogens with zero attached hydrogens (tertiary/aromatic N) is 2. The van der Waals surface area contributed by atoms with Gasteiger partial charge in [-0.2, -0.15) is 0 Å². The van der Waals surface area contributed by atoms with E-state index < -0.39 is 0 Å². The molecule has 0 saturated heterocycles. The first kappa shape index (κ1) is 18.8. The average Bonchev–Trinajstić information content (AvgIpc) is 2.58. The molecule has 2 N–H and O–H groups in total. The molecule has 5 nitrogen and oxygen atoms in total. The summed E-state index contributed by atoms with van der Waals surface area (Å²) in [7, 11) is 1.77. The number of para-hydroxylation sites is 1. The number of nitrogens with one attached hydrogen (secondary N) is 2. The predicted octanol–water partition coefficient (Wildman–Crippen LogP) is 3.17. The number of rotatable bonds is 6. The van der Waals surface area contributed by atoms with Crippen LogP contribution in [0.15, 0.2) is 53.7 Å². The summed E-state index contributed by atoms with van der Waals surface area (Å²) in [5.41, 5.74) is 1.94. The van der Waals surface area contributed by atoms with Crippen LogP contribution in [0.1, 0.15) is 32.0 Å². The molecule has 1 aromatic heterocycles. The Kier molecular flexibility index (Phi) is 6.81. The van der Waals surface area contributed by atoms with Crippen LogP contribution in [-0.4, -0.2) is 30.1 Å². The van der Waals surface area contributed by atoms with Gasteiger partial charge in [0.25, 0.3) is 0 Å². The molecular formula is C20H28N4O. The number of ether oxygens (including phenoxy) is 1. The highest BCUT2D eigenvalue weighted by Crippen LogP contribution is 2.22. The van der Waals surface area contributed by atoms with Gasteiger partial charge in [0.05, 0.1) is 0 Å². The Bertz CT molecular complexity index is 678. The van der Waals surface area contributed by atoms with Gasteiger partial charge in [0.1, 0.15) is 11.4 Å². The Morgan fingerprint density at radius 2 is 1.84 bits per heavy atom. The largest absolute Gasteiger partial charge is 0.488 e. The number of hydrogen-bond donors (Lipinski definition) is 2. The van der Waals surface area contributed by atoms with Gasteiger partial charge in [-0.25, -0.2) is 0 Å². The highest BCUT2D eigenvalue weighted by molar-refractivity contribution is 5.79. The Balaban J connectivity index is 1.86. The standard InChI is InChI=1S/C20H28N4O/c1-20(2,3)25-18-11-6-5-9-16(18)15-24-19(21-4)23-14-12-17-10-7-8-13-22-17/h5-11,13H,12,14-15H2,1-4H3,(H2,21,23,24). The van der Waals surface area contributed by atoms with Gasteiger partial charge in [0.2, 0.25) is 0 Å². The molecule has 0 aliphatic rings. The number of aromatic nitrogens is 1. The molecular weight excluding hydrogens is 312 g/mol. The monoisotopic (exact) mass is 340 g/mol. The lowest BCUT2D eigenvalue weighted by Crippen LogP contribution is -2.38. The first-order chi connectivity index (χ1) is 12.0. The summed E-state index contributed by atoms with van der Waals surface area (Å²) in [5.74, 6) is 1.66. The molecule has 0 aliphatic carbocycles. The zero-order valence-electron chi connectivity index (χ0n) is 15.5. The van der Waals surface area contributed by atoms with E-state index in [9.17, 15) is 0 Å². The topological polar surface area (TPSA) is 58.5 Å².